The number of anilines is 1. The number of hydrogen-bond acceptors (Lipinski definition) is 5. The molecule has 2 aliphatic rings. The molecule has 2 heterocycles. The first kappa shape index (κ1) is 23.5. The summed E-state index contributed by atoms with van der Waals surface area (Å²) in [7, 11) is 1.62. The minimum absolute atomic E-state index is 0.0903. The van der Waals surface area contributed by atoms with Gasteiger partial charge in [-0.2, -0.15) is 0 Å². The van der Waals surface area contributed by atoms with E-state index in [4.69, 9.17) is 16.3 Å². The molecule has 6 nitrogen and oxygen atoms in total. The Kier molecular flexibility index (Phi) is 7.20. The van der Waals surface area contributed by atoms with E-state index in [1.54, 1.807) is 31.4 Å². The standard InChI is InChI=1S/C25H29ClFN3O3/c1-3-17-14-21(26)23(33-2)22(15-17)29-12-10-28(11-13-29)16-18(27)8-9-30-24(31)19-6-4-5-7-20(19)25(30)32/h4-7,14-15,18H,3,8-13,16H2,1-2H3/t18-/m0/s1. The maximum absolute atomic E-state index is 14.8. The van der Waals surface area contributed by atoms with E-state index >= 15 is 0 Å². The number of amides is 2. The van der Waals surface area contributed by atoms with Crippen molar-refractivity contribution < 1.29 is 18.7 Å². The topological polar surface area (TPSA) is 53.1 Å². The Morgan fingerprint density at radius 1 is 1.06 bits per heavy atom. The molecule has 0 unspecified atom stereocenters. The zero-order chi connectivity index (χ0) is 23.5. The van der Waals surface area contributed by atoms with Gasteiger partial charge in [-0.3, -0.25) is 19.4 Å². The van der Waals surface area contributed by atoms with Gasteiger partial charge in [-0.05, 0) is 42.7 Å². The highest BCUT2D eigenvalue weighted by atomic mass is 35.5. The summed E-state index contributed by atoms with van der Waals surface area (Å²) in [6, 6.07) is 10.8. The van der Waals surface area contributed by atoms with Crippen molar-refractivity contribution in [3.05, 3.63) is 58.1 Å². The third-order valence-electron chi connectivity index (χ3n) is 6.41. The van der Waals surface area contributed by atoms with Gasteiger partial charge in [-0.15, -0.1) is 0 Å². The van der Waals surface area contributed by atoms with Gasteiger partial charge in [0.15, 0.2) is 5.75 Å². The minimum atomic E-state index is -1.12. The van der Waals surface area contributed by atoms with Crippen molar-refractivity contribution >= 4 is 29.1 Å². The lowest BCUT2D eigenvalue weighted by molar-refractivity contribution is 0.0635. The van der Waals surface area contributed by atoms with Crippen LogP contribution in [0.4, 0.5) is 10.1 Å². The summed E-state index contributed by atoms with van der Waals surface area (Å²) >= 11 is 6.41. The zero-order valence-corrected chi connectivity index (χ0v) is 19.8. The molecule has 176 valence electrons. The smallest absolute Gasteiger partial charge is 0.261 e. The number of carbonyl (C=O) groups excluding carboxylic acids is 2. The SMILES string of the molecule is CCc1cc(Cl)c(OC)c(N2CCN(C[C@@H](F)CCN3C(=O)c4ccccc4C3=O)CC2)c1. The maximum atomic E-state index is 14.8. The minimum Gasteiger partial charge on any atom is -0.493 e. The van der Waals surface area contributed by atoms with Gasteiger partial charge in [-0.25, -0.2) is 4.39 Å². The van der Waals surface area contributed by atoms with E-state index in [0.29, 0.717) is 35.0 Å². The quantitative estimate of drug-likeness (QED) is 0.541. The summed E-state index contributed by atoms with van der Waals surface area (Å²) < 4.78 is 20.3. The Balaban J connectivity index is 1.29. The predicted molar refractivity (Wildman–Crippen MR) is 127 cm³/mol. The van der Waals surface area contributed by atoms with E-state index in [2.05, 4.69) is 22.8 Å². The number of nitrogens with zero attached hydrogens (tertiary/aromatic N) is 3. The molecule has 1 atom stereocenters. The van der Waals surface area contributed by atoms with Gasteiger partial charge in [0.1, 0.15) is 6.17 Å². The highest BCUT2D eigenvalue weighted by molar-refractivity contribution is 6.32. The number of alkyl halides is 1. The van der Waals surface area contributed by atoms with E-state index in [1.807, 2.05) is 6.07 Å². The van der Waals surface area contributed by atoms with Crippen LogP contribution in [0.3, 0.4) is 0 Å². The largest absolute Gasteiger partial charge is 0.493 e. The van der Waals surface area contributed by atoms with Crippen LogP contribution in [0.5, 0.6) is 5.75 Å². The van der Waals surface area contributed by atoms with Gasteiger partial charge in [0, 0.05) is 39.3 Å². The summed E-state index contributed by atoms with van der Waals surface area (Å²) in [6.45, 7) is 5.37. The van der Waals surface area contributed by atoms with Crippen molar-refractivity contribution in [2.45, 2.75) is 25.9 Å². The number of piperazine rings is 1. The van der Waals surface area contributed by atoms with Crippen LogP contribution in [0.1, 0.15) is 39.6 Å². The van der Waals surface area contributed by atoms with Crippen molar-refractivity contribution in [2.24, 2.45) is 0 Å². The van der Waals surface area contributed by atoms with Gasteiger partial charge in [-0.1, -0.05) is 30.7 Å². The number of hydrogen-bond donors (Lipinski definition) is 0. The molecule has 2 amide bonds. The van der Waals surface area contributed by atoms with Gasteiger partial charge in [0.2, 0.25) is 0 Å². The Labute approximate surface area is 198 Å². The van der Waals surface area contributed by atoms with Crippen LogP contribution in [0.25, 0.3) is 0 Å². The molecule has 0 radical (unpaired) electrons. The Bertz CT molecular complexity index is 1000. The van der Waals surface area contributed by atoms with Crippen molar-refractivity contribution in [1.29, 1.82) is 0 Å². The van der Waals surface area contributed by atoms with Crippen molar-refractivity contribution in [3.8, 4) is 5.75 Å². The Morgan fingerprint density at radius 3 is 2.27 bits per heavy atom. The first-order chi connectivity index (χ1) is 15.9. The van der Waals surface area contributed by atoms with E-state index in [0.717, 1.165) is 35.7 Å². The molecule has 2 aliphatic heterocycles. The summed E-state index contributed by atoms with van der Waals surface area (Å²) in [5, 5.41) is 0.603. The molecule has 0 N–H and O–H groups in total. The predicted octanol–water partition coefficient (Wildman–Crippen LogP) is 4.06. The molecule has 4 rings (SSSR count). The number of imide groups is 1. The third kappa shape index (κ3) is 4.84. The molecular weight excluding hydrogens is 445 g/mol. The molecule has 0 aromatic heterocycles. The van der Waals surface area contributed by atoms with Crippen LogP contribution >= 0.6 is 11.6 Å². The van der Waals surface area contributed by atoms with E-state index in [1.165, 1.54) is 0 Å². The van der Waals surface area contributed by atoms with Crippen LogP contribution in [0, 0.1) is 0 Å². The second kappa shape index (κ2) is 10.1. The van der Waals surface area contributed by atoms with Gasteiger partial charge >= 0.3 is 0 Å². The molecule has 0 bridgehead atoms. The zero-order valence-electron chi connectivity index (χ0n) is 19.0. The number of rotatable bonds is 8. The Morgan fingerprint density at radius 2 is 1.70 bits per heavy atom. The fourth-order valence-electron chi connectivity index (χ4n) is 4.53. The van der Waals surface area contributed by atoms with Crippen molar-refractivity contribution in [1.82, 2.24) is 9.80 Å². The van der Waals surface area contributed by atoms with Crippen LogP contribution in [0.15, 0.2) is 36.4 Å². The number of methoxy groups -OCH3 is 1. The lowest BCUT2D eigenvalue weighted by Crippen LogP contribution is -2.48. The lowest BCUT2D eigenvalue weighted by atomic mass is 10.1. The second-order valence-corrected chi connectivity index (χ2v) is 8.87. The second-order valence-electron chi connectivity index (χ2n) is 8.46. The van der Waals surface area contributed by atoms with Gasteiger partial charge in [0.25, 0.3) is 11.8 Å². The van der Waals surface area contributed by atoms with Crippen molar-refractivity contribution in [2.75, 3.05) is 51.3 Å². The monoisotopic (exact) mass is 473 g/mol. The molecule has 2 aromatic carbocycles. The molecule has 0 spiro atoms. The molecule has 0 saturated carbocycles. The lowest BCUT2D eigenvalue weighted by Gasteiger charge is -2.37. The van der Waals surface area contributed by atoms with Crippen LogP contribution in [-0.4, -0.2) is 74.2 Å². The fourth-order valence-corrected chi connectivity index (χ4v) is 4.84. The average Bonchev–Trinajstić information content (AvgIpc) is 3.07. The van der Waals surface area contributed by atoms with E-state index in [9.17, 15) is 14.0 Å². The van der Waals surface area contributed by atoms with Gasteiger partial charge < -0.3 is 9.64 Å². The summed E-state index contributed by atoms with van der Waals surface area (Å²) in [5.74, 6) is 0.00305. The first-order valence-electron chi connectivity index (χ1n) is 11.4. The van der Waals surface area contributed by atoms with E-state index in [-0.39, 0.29) is 31.3 Å². The molecule has 0 aliphatic carbocycles. The van der Waals surface area contributed by atoms with Crippen LogP contribution in [0.2, 0.25) is 5.02 Å². The number of benzene rings is 2. The maximum Gasteiger partial charge on any atom is 0.261 e. The number of fused-ring (bicyclic) bond motifs is 1. The number of aryl methyl sites for hydroxylation is 1. The molecule has 8 heteroatoms. The first-order valence-corrected chi connectivity index (χ1v) is 11.7. The van der Waals surface area contributed by atoms with Gasteiger partial charge in [0.05, 0.1) is 28.9 Å². The average molecular weight is 474 g/mol. The molecule has 1 saturated heterocycles. The number of ether oxygens (including phenoxy) is 1. The van der Waals surface area contributed by atoms with Crippen LogP contribution in [-0.2, 0) is 6.42 Å². The molecular formula is C25H29ClFN3O3. The fraction of sp³-hybridized carbons (Fsp3) is 0.440. The highest BCUT2D eigenvalue weighted by Crippen LogP contribution is 2.37. The highest BCUT2D eigenvalue weighted by Gasteiger charge is 2.35. The van der Waals surface area contributed by atoms with Crippen molar-refractivity contribution in [3.63, 3.8) is 0 Å². The van der Waals surface area contributed by atoms with Crippen LogP contribution < -0.4 is 9.64 Å². The molecule has 2 aromatic rings. The molecule has 33 heavy (non-hydrogen) atoms. The third-order valence-corrected chi connectivity index (χ3v) is 6.69. The Hall–Kier alpha value is -2.64. The summed E-state index contributed by atoms with van der Waals surface area (Å²) in [4.78, 5) is 30.4. The van der Waals surface area contributed by atoms with E-state index < -0.39 is 6.17 Å². The number of halogens is 2. The number of carbonyl (C=O) groups is 2. The molecule has 1 fully saturated rings. The summed E-state index contributed by atoms with van der Waals surface area (Å²) in [6.07, 6.45) is -0.102. The normalized spacial score (nSPS) is 17.5. The summed E-state index contributed by atoms with van der Waals surface area (Å²) in [5.41, 5.74) is 2.92.